The molecule has 5 heteroatoms. The number of carbonyl (C=O) groups is 1. The number of rotatable bonds is 14. The third-order valence-electron chi connectivity index (χ3n) is 3.48. The topological polar surface area (TPSA) is 54.0 Å². The summed E-state index contributed by atoms with van der Waals surface area (Å²) in [5.74, 6) is 0.722. The van der Waals surface area contributed by atoms with Crippen LogP contribution < -0.4 is 0 Å². The summed E-state index contributed by atoms with van der Waals surface area (Å²) in [6, 6.07) is 0. The van der Waals surface area contributed by atoms with Crippen molar-refractivity contribution in [1.82, 2.24) is 0 Å². The van der Waals surface area contributed by atoms with E-state index in [1.165, 1.54) is 0 Å². The molecule has 0 N–H and O–H groups in total. The quantitative estimate of drug-likeness (QED) is 0.276. The molecule has 0 aliphatic heterocycles. The summed E-state index contributed by atoms with van der Waals surface area (Å²) in [6.45, 7) is 12.1. The minimum Gasteiger partial charge on any atom is -0.466 e. The van der Waals surface area contributed by atoms with Gasteiger partial charge in [0.15, 0.2) is 0 Å². The second-order valence-corrected chi connectivity index (χ2v) is 6.75. The van der Waals surface area contributed by atoms with Crippen LogP contribution in [0.1, 0.15) is 53.9 Å². The Morgan fingerprint density at radius 2 is 1.61 bits per heavy atom. The van der Waals surface area contributed by atoms with Crippen molar-refractivity contribution < 1.29 is 23.7 Å². The highest BCUT2D eigenvalue weighted by molar-refractivity contribution is 5.72. The Hall–Kier alpha value is -0.650. The Labute approximate surface area is 142 Å². The van der Waals surface area contributed by atoms with Gasteiger partial charge in [-0.3, -0.25) is 4.79 Å². The molecule has 0 aromatic heterocycles. The van der Waals surface area contributed by atoms with E-state index >= 15 is 0 Å². The van der Waals surface area contributed by atoms with Crippen LogP contribution in [0.5, 0.6) is 0 Å². The molecule has 0 fully saturated rings. The SMILES string of the molecule is CCOC(=O)[C@@H](CC(C)C)C[C@H](CC(C)C)OCOCCOC. The van der Waals surface area contributed by atoms with E-state index in [0.717, 1.165) is 12.8 Å². The number of hydrogen-bond acceptors (Lipinski definition) is 5. The molecule has 138 valence electrons. The highest BCUT2D eigenvalue weighted by atomic mass is 16.7. The molecule has 0 aliphatic carbocycles. The van der Waals surface area contributed by atoms with E-state index in [2.05, 4.69) is 27.7 Å². The first-order chi connectivity index (χ1) is 10.9. The van der Waals surface area contributed by atoms with Gasteiger partial charge in [-0.2, -0.15) is 0 Å². The van der Waals surface area contributed by atoms with Crippen LogP contribution >= 0.6 is 0 Å². The zero-order valence-electron chi connectivity index (χ0n) is 15.8. The van der Waals surface area contributed by atoms with Crippen molar-refractivity contribution in [2.75, 3.05) is 33.7 Å². The Balaban J connectivity index is 4.54. The fourth-order valence-corrected chi connectivity index (χ4v) is 2.54. The molecule has 0 spiro atoms. The molecule has 23 heavy (non-hydrogen) atoms. The van der Waals surface area contributed by atoms with Crippen molar-refractivity contribution in [3.8, 4) is 0 Å². The van der Waals surface area contributed by atoms with E-state index in [9.17, 15) is 4.79 Å². The predicted octanol–water partition coefficient (Wildman–Crippen LogP) is 3.65. The average molecular weight is 332 g/mol. The van der Waals surface area contributed by atoms with Crippen LogP contribution in [-0.4, -0.2) is 45.8 Å². The Bertz CT molecular complexity index is 291. The monoisotopic (exact) mass is 332 g/mol. The first kappa shape index (κ1) is 22.4. The maximum atomic E-state index is 12.2. The second kappa shape index (κ2) is 13.8. The van der Waals surface area contributed by atoms with Gasteiger partial charge in [0.25, 0.3) is 0 Å². The first-order valence-corrected chi connectivity index (χ1v) is 8.75. The summed E-state index contributed by atoms with van der Waals surface area (Å²) in [7, 11) is 1.64. The van der Waals surface area contributed by atoms with Gasteiger partial charge in [0.1, 0.15) is 6.79 Å². The number of carbonyl (C=O) groups excluding carboxylic acids is 1. The molecular formula is C18H36O5. The van der Waals surface area contributed by atoms with E-state index in [4.69, 9.17) is 18.9 Å². The van der Waals surface area contributed by atoms with E-state index in [-0.39, 0.29) is 24.8 Å². The fraction of sp³-hybridized carbons (Fsp3) is 0.944. The van der Waals surface area contributed by atoms with E-state index in [1.807, 2.05) is 6.92 Å². The number of ether oxygens (including phenoxy) is 4. The second-order valence-electron chi connectivity index (χ2n) is 6.75. The molecule has 0 heterocycles. The lowest BCUT2D eigenvalue weighted by molar-refractivity contribution is -0.152. The highest BCUT2D eigenvalue weighted by Crippen LogP contribution is 2.23. The molecule has 0 amide bonds. The first-order valence-electron chi connectivity index (χ1n) is 8.75. The zero-order valence-corrected chi connectivity index (χ0v) is 15.8. The Morgan fingerprint density at radius 3 is 2.13 bits per heavy atom. The van der Waals surface area contributed by atoms with Crippen molar-refractivity contribution in [2.24, 2.45) is 17.8 Å². The van der Waals surface area contributed by atoms with Crippen LogP contribution in [0.25, 0.3) is 0 Å². The predicted molar refractivity (Wildman–Crippen MR) is 91.2 cm³/mol. The van der Waals surface area contributed by atoms with Crippen LogP contribution in [0.4, 0.5) is 0 Å². The van der Waals surface area contributed by atoms with E-state index in [1.54, 1.807) is 7.11 Å². The number of hydrogen-bond donors (Lipinski definition) is 0. The maximum absolute atomic E-state index is 12.2. The summed E-state index contributed by atoms with van der Waals surface area (Å²) in [6.07, 6.45) is 2.41. The Kier molecular flexibility index (Phi) is 13.4. The molecule has 0 saturated carbocycles. The van der Waals surface area contributed by atoms with Crippen LogP contribution in [0.3, 0.4) is 0 Å². The summed E-state index contributed by atoms with van der Waals surface area (Å²) in [4.78, 5) is 12.2. The maximum Gasteiger partial charge on any atom is 0.309 e. The molecule has 0 aromatic rings. The minimum absolute atomic E-state index is 0.00528. The van der Waals surface area contributed by atoms with Gasteiger partial charge < -0.3 is 18.9 Å². The standard InChI is InChI=1S/C18H36O5/c1-7-22-18(19)16(10-14(2)3)12-17(11-15(4)5)23-13-21-9-8-20-6/h14-17H,7-13H2,1-6H3/t16-,17-/m0/s1. The average Bonchev–Trinajstić information content (AvgIpc) is 2.45. The molecule has 0 bridgehead atoms. The van der Waals surface area contributed by atoms with Crippen molar-refractivity contribution in [3.63, 3.8) is 0 Å². The molecule has 0 saturated heterocycles. The largest absolute Gasteiger partial charge is 0.466 e. The molecule has 2 atom stereocenters. The molecule has 0 rings (SSSR count). The van der Waals surface area contributed by atoms with Gasteiger partial charge in [0.05, 0.1) is 31.8 Å². The van der Waals surface area contributed by atoms with Crippen LogP contribution in [0.15, 0.2) is 0 Å². The zero-order chi connectivity index (χ0) is 17.7. The number of esters is 1. The van der Waals surface area contributed by atoms with Gasteiger partial charge in [0, 0.05) is 7.11 Å². The van der Waals surface area contributed by atoms with E-state index in [0.29, 0.717) is 38.1 Å². The molecule has 0 unspecified atom stereocenters. The third kappa shape index (κ3) is 12.4. The molecule has 5 nitrogen and oxygen atoms in total. The van der Waals surface area contributed by atoms with Crippen molar-refractivity contribution >= 4 is 5.97 Å². The van der Waals surface area contributed by atoms with Crippen molar-refractivity contribution in [2.45, 2.75) is 60.0 Å². The molecular weight excluding hydrogens is 296 g/mol. The molecule has 0 aliphatic rings. The minimum atomic E-state index is -0.113. The molecule has 0 aromatic carbocycles. The Morgan fingerprint density at radius 1 is 0.957 bits per heavy atom. The highest BCUT2D eigenvalue weighted by Gasteiger charge is 2.26. The number of methoxy groups -OCH3 is 1. The van der Waals surface area contributed by atoms with Crippen LogP contribution in [0, 0.1) is 17.8 Å². The fourth-order valence-electron chi connectivity index (χ4n) is 2.54. The summed E-state index contributed by atoms with van der Waals surface area (Å²) >= 11 is 0. The van der Waals surface area contributed by atoms with Gasteiger partial charge >= 0.3 is 5.97 Å². The van der Waals surface area contributed by atoms with Gasteiger partial charge in [-0.05, 0) is 38.0 Å². The summed E-state index contributed by atoms with van der Waals surface area (Å²) in [5, 5.41) is 0. The molecule has 0 radical (unpaired) electrons. The van der Waals surface area contributed by atoms with Crippen LogP contribution in [-0.2, 0) is 23.7 Å². The van der Waals surface area contributed by atoms with Gasteiger partial charge in [-0.15, -0.1) is 0 Å². The lowest BCUT2D eigenvalue weighted by Crippen LogP contribution is -2.28. The normalized spacial score (nSPS) is 14.3. The third-order valence-corrected chi connectivity index (χ3v) is 3.48. The van der Waals surface area contributed by atoms with Crippen molar-refractivity contribution in [3.05, 3.63) is 0 Å². The lowest BCUT2D eigenvalue weighted by Gasteiger charge is -2.25. The van der Waals surface area contributed by atoms with Crippen molar-refractivity contribution in [1.29, 1.82) is 0 Å². The van der Waals surface area contributed by atoms with Gasteiger partial charge in [0.2, 0.25) is 0 Å². The lowest BCUT2D eigenvalue weighted by atomic mass is 9.89. The summed E-state index contributed by atoms with van der Waals surface area (Å²) < 4.78 is 21.4. The van der Waals surface area contributed by atoms with Gasteiger partial charge in [-0.25, -0.2) is 0 Å². The van der Waals surface area contributed by atoms with Gasteiger partial charge in [-0.1, -0.05) is 27.7 Å². The van der Waals surface area contributed by atoms with Crippen LogP contribution in [0.2, 0.25) is 0 Å². The van der Waals surface area contributed by atoms with E-state index < -0.39 is 0 Å². The smallest absolute Gasteiger partial charge is 0.309 e. The summed E-state index contributed by atoms with van der Waals surface area (Å²) in [5.41, 5.74) is 0.